The van der Waals surface area contributed by atoms with Gasteiger partial charge in [0, 0.05) is 69.2 Å². The van der Waals surface area contributed by atoms with E-state index in [-0.39, 0.29) is 24.3 Å². The molecule has 2 amide bonds. The number of pyridine rings is 1. The lowest BCUT2D eigenvalue weighted by Crippen LogP contribution is -2.49. The molecule has 11 heteroatoms. The molecule has 0 saturated heterocycles. The molecule has 0 spiro atoms. The highest BCUT2D eigenvalue weighted by molar-refractivity contribution is 7.09. The average Bonchev–Trinajstić information content (AvgIpc) is 3.48. The summed E-state index contributed by atoms with van der Waals surface area (Å²) in [5, 5.41) is 17.3. The number of methoxy groups -OCH3 is 2. The van der Waals surface area contributed by atoms with Crippen LogP contribution in [0.5, 0.6) is 0 Å². The number of aromatic nitrogens is 2. The maximum atomic E-state index is 13.6. The minimum absolute atomic E-state index is 0.0649. The first-order valence-electron chi connectivity index (χ1n) is 15.1. The fourth-order valence-electron chi connectivity index (χ4n) is 5.24. The Morgan fingerprint density at radius 2 is 1.72 bits per heavy atom. The van der Waals surface area contributed by atoms with Gasteiger partial charge in [0.15, 0.2) is 6.29 Å². The van der Waals surface area contributed by atoms with Crippen molar-refractivity contribution in [2.45, 2.75) is 51.2 Å². The van der Waals surface area contributed by atoms with Crippen molar-refractivity contribution in [3.8, 4) is 0 Å². The van der Waals surface area contributed by atoms with Crippen molar-refractivity contribution in [2.75, 3.05) is 39.8 Å². The summed E-state index contributed by atoms with van der Waals surface area (Å²) in [6.45, 7) is 4.53. The Labute approximate surface area is 275 Å². The average molecular weight is 646 g/mol. The second-order valence-electron chi connectivity index (χ2n) is 11.4. The molecular formula is C35H43N5O5S. The zero-order valence-corrected chi connectivity index (χ0v) is 28.0. The number of hydrogen-bond donors (Lipinski definition) is 2. The monoisotopic (exact) mass is 645 g/mol. The lowest BCUT2D eigenvalue weighted by atomic mass is 9.99. The number of rotatable bonds is 15. The summed E-state index contributed by atoms with van der Waals surface area (Å²) in [5.41, 5.74) is 4.36. The van der Waals surface area contributed by atoms with Gasteiger partial charge in [0.1, 0.15) is 5.01 Å². The summed E-state index contributed by atoms with van der Waals surface area (Å²) >= 11 is 1.51. The molecule has 244 valence electrons. The van der Waals surface area contributed by atoms with Gasteiger partial charge in [0.2, 0.25) is 0 Å². The van der Waals surface area contributed by atoms with Crippen LogP contribution in [-0.4, -0.2) is 85.1 Å². The molecule has 1 unspecified atom stereocenters. The molecule has 2 N–H and O–H groups in total. The minimum Gasteiger partial charge on any atom is -0.389 e. The van der Waals surface area contributed by atoms with E-state index in [0.717, 1.165) is 27.5 Å². The number of carbonyl (C=O) groups is 2. The molecule has 2 aromatic carbocycles. The highest BCUT2D eigenvalue weighted by atomic mass is 32.1. The maximum Gasteiger partial charge on any atom is 0.253 e. The van der Waals surface area contributed by atoms with Crippen LogP contribution in [0.2, 0.25) is 0 Å². The van der Waals surface area contributed by atoms with Gasteiger partial charge in [-0.25, -0.2) is 4.98 Å². The molecular weight excluding hydrogens is 602 g/mol. The molecule has 2 heterocycles. The first kappa shape index (κ1) is 34.7. The number of thiazole rings is 1. The molecule has 0 radical (unpaired) electrons. The number of aryl methyl sites for hydroxylation is 1. The number of hydrogen-bond acceptors (Lipinski definition) is 9. The van der Waals surface area contributed by atoms with Crippen LogP contribution >= 0.6 is 11.3 Å². The smallest absolute Gasteiger partial charge is 0.253 e. The van der Waals surface area contributed by atoms with Crippen molar-refractivity contribution in [1.82, 2.24) is 20.2 Å². The first-order chi connectivity index (χ1) is 22.1. The molecule has 0 saturated carbocycles. The third-order valence-corrected chi connectivity index (χ3v) is 8.83. The third kappa shape index (κ3) is 9.20. The lowest BCUT2D eigenvalue weighted by molar-refractivity contribution is -0.115. The lowest BCUT2D eigenvalue weighted by Gasteiger charge is -2.30. The number of nitrogens with zero attached hydrogens (tertiary/aromatic N) is 4. The van der Waals surface area contributed by atoms with Gasteiger partial charge in [-0.1, -0.05) is 43.3 Å². The largest absolute Gasteiger partial charge is 0.389 e. The Balaban J connectivity index is 1.49. The van der Waals surface area contributed by atoms with Gasteiger partial charge in [-0.3, -0.25) is 14.6 Å². The summed E-state index contributed by atoms with van der Waals surface area (Å²) < 4.78 is 10.9. The van der Waals surface area contributed by atoms with E-state index in [1.807, 2.05) is 67.6 Å². The van der Waals surface area contributed by atoms with E-state index < -0.39 is 18.4 Å². The number of ether oxygens (including phenoxy) is 2. The van der Waals surface area contributed by atoms with Gasteiger partial charge in [0.25, 0.3) is 11.8 Å². The third-order valence-electron chi connectivity index (χ3n) is 7.88. The van der Waals surface area contributed by atoms with Crippen molar-refractivity contribution < 1.29 is 24.2 Å². The van der Waals surface area contributed by atoms with Crippen LogP contribution in [-0.2, 0) is 22.4 Å². The van der Waals surface area contributed by atoms with E-state index in [1.165, 1.54) is 11.3 Å². The fourth-order valence-corrected chi connectivity index (χ4v) is 6.07. The number of benzene rings is 2. The molecule has 0 aliphatic rings. The van der Waals surface area contributed by atoms with Crippen molar-refractivity contribution >= 4 is 28.8 Å². The minimum atomic E-state index is -0.932. The molecule has 2 aromatic heterocycles. The quantitative estimate of drug-likeness (QED) is 0.179. The Bertz CT molecular complexity index is 1580. The number of amides is 2. The highest BCUT2D eigenvalue weighted by Crippen LogP contribution is 2.25. The Morgan fingerprint density at radius 3 is 2.39 bits per heavy atom. The molecule has 0 bridgehead atoms. The molecule has 46 heavy (non-hydrogen) atoms. The number of likely N-dealkylation sites (N-methyl/N-ethyl adjacent to an activating group) is 1. The number of aliphatic hydroxyl groups excluding tert-OH is 1. The van der Waals surface area contributed by atoms with Gasteiger partial charge >= 0.3 is 0 Å². The molecule has 4 rings (SSSR count). The zero-order valence-electron chi connectivity index (χ0n) is 27.2. The standard InChI is InChI=1S/C35H43N5O5S/c1-23-22-46-32(37-23)21-40(4)34(43)27-14-10-13-26(16-27)33(42)38-30(15-25-11-8-7-9-12-25)31(41)20-39(3)29-17-28(18-36-19-29)24(2)35(44-5)45-6/h7-14,16-19,22,24,30-31,35,41H,15,20-21H2,1-6H3,(H,38,42)/t24?,30-,31+/m0/s1. The predicted octanol–water partition coefficient (Wildman–Crippen LogP) is 4.68. The Morgan fingerprint density at radius 1 is 1.00 bits per heavy atom. The molecule has 0 aliphatic carbocycles. The van der Waals surface area contributed by atoms with E-state index in [2.05, 4.69) is 15.3 Å². The Kier molecular flexibility index (Phi) is 12.4. The van der Waals surface area contributed by atoms with E-state index in [1.54, 1.807) is 62.8 Å². The van der Waals surface area contributed by atoms with Gasteiger partial charge in [-0.15, -0.1) is 11.3 Å². The predicted molar refractivity (Wildman–Crippen MR) is 180 cm³/mol. The van der Waals surface area contributed by atoms with E-state index >= 15 is 0 Å². The second-order valence-corrected chi connectivity index (χ2v) is 12.4. The van der Waals surface area contributed by atoms with Crippen LogP contribution in [0.25, 0.3) is 0 Å². The normalized spacial score (nSPS) is 13.2. The molecule has 4 aromatic rings. The van der Waals surface area contributed by atoms with E-state index in [0.29, 0.717) is 24.1 Å². The number of nitrogens with one attached hydrogen (secondary N) is 1. The first-order valence-corrected chi connectivity index (χ1v) is 16.0. The van der Waals surface area contributed by atoms with Crippen LogP contribution in [0.15, 0.2) is 78.4 Å². The maximum absolute atomic E-state index is 13.6. The number of aliphatic hydroxyl groups is 1. The molecule has 0 aliphatic heterocycles. The van der Waals surface area contributed by atoms with Gasteiger partial charge in [-0.05, 0) is 48.7 Å². The van der Waals surface area contributed by atoms with E-state index in [4.69, 9.17) is 9.47 Å². The molecule has 3 atom stereocenters. The summed E-state index contributed by atoms with van der Waals surface area (Å²) in [7, 11) is 6.79. The van der Waals surface area contributed by atoms with Gasteiger partial charge in [0.05, 0.1) is 30.6 Å². The second kappa shape index (κ2) is 16.4. The van der Waals surface area contributed by atoms with Crippen LogP contribution in [0.1, 0.15) is 55.4 Å². The van der Waals surface area contributed by atoms with Gasteiger partial charge in [-0.2, -0.15) is 0 Å². The zero-order chi connectivity index (χ0) is 33.2. The highest BCUT2D eigenvalue weighted by Gasteiger charge is 2.26. The van der Waals surface area contributed by atoms with Crippen molar-refractivity contribution in [3.63, 3.8) is 0 Å². The number of anilines is 1. The fraction of sp³-hybridized carbons (Fsp3) is 0.371. The summed E-state index contributed by atoms with van der Waals surface area (Å²) in [6.07, 6.45) is 2.57. The van der Waals surface area contributed by atoms with Crippen LogP contribution in [0.3, 0.4) is 0 Å². The van der Waals surface area contributed by atoms with Gasteiger partial charge < -0.3 is 29.7 Å². The van der Waals surface area contributed by atoms with Crippen LogP contribution < -0.4 is 10.2 Å². The summed E-state index contributed by atoms with van der Waals surface area (Å²) in [4.78, 5) is 39.1. The topological polar surface area (TPSA) is 117 Å². The number of carbonyl (C=O) groups excluding carboxylic acids is 2. The van der Waals surface area contributed by atoms with Crippen molar-refractivity contribution in [3.05, 3.63) is 111 Å². The Hall–Kier alpha value is -4.16. The molecule has 10 nitrogen and oxygen atoms in total. The molecule has 0 fully saturated rings. The van der Waals surface area contributed by atoms with Crippen LogP contribution in [0.4, 0.5) is 5.69 Å². The van der Waals surface area contributed by atoms with E-state index in [9.17, 15) is 14.7 Å². The van der Waals surface area contributed by atoms with Crippen molar-refractivity contribution in [1.29, 1.82) is 0 Å². The summed E-state index contributed by atoms with van der Waals surface area (Å²) in [5.74, 6) is -0.652. The summed E-state index contributed by atoms with van der Waals surface area (Å²) in [6, 6.07) is 17.7. The van der Waals surface area contributed by atoms with Crippen molar-refractivity contribution in [2.24, 2.45) is 0 Å². The SMILES string of the molecule is COC(OC)C(C)c1cncc(N(C)C[C@@H](O)[C@H](Cc2ccccc2)NC(=O)c2cccc(C(=O)N(C)Cc3nc(C)cs3)c2)c1. The van der Waals surface area contributed by atoms with Crippen LogP contribution in [0, 0.1) is 6.92 Å².